The Labute approximate surface area is 240 Å². The van der Waals surface area contributed by atoms with Gasteiger partial charge in [0.2, 0.25) is 0 Å². The zero-order valence-electron chi connectivity index (χ0n) is 23.4. The molecule has 13 heteroatoms. The summed E-state index contributed by atoms with van der Waals surface area (Å²) in [6.07, 6.45) is -2.94. The molecule has 5 aliphatic heterocycles. The van der Waals surface area contributed by atoms with Crippen molar-refractivity contribution >= 4 is 11.5 Å². The molecule has 1 aromatic heterocycles. The molecule has 0 amide bonds. The number of nitrogens with zero attached hydrogens (tertiary/aromatic N) is 4. The summed E-state index contributed by atoms with van der Waals surface area (Å²) < 4.78 is 84.4. The number of fused-ring (bicyclic) bond motifs is 4. The molecule has 0 radical (unpaired) electrons. The highest BCUT2D eigenvalue weighted by atomic mass is 19.4. The van der Waals surface area contributed by atoms with Crippen LogP contribution in [-0.2, 0) is 23.9 Å². The van der Waals surface area contributed by atoms with Gasteiger partial charge in [0.15, 0.2) is 5.82 Å². The van der Waals surface area contributed by atoms with Crippen LogP contribution in [0, 0.1) is 12.7 Å². The normalized spacial score (nSPS) is 31.0. The van der Waals surface area contributed by atoms with E-state index in [0.29, 0.717) is 30.0 Å². The van der Waals surface area contributed by atoms with E-state index >= 15 is 4.39 Å². The molecule has 6 heterocycles. The molecule has 3 N–H and O–H groups in total. The molecule has 2 unspecified atom stereocenters. The van der Waals surface area contributed by atoms with Crippen molar-refractivity contribution in [1.82, 2.24) is 20.2 Å². The maximum absolute atomic E-state index is 15.3. The van der Waals surface area contributed by atoms with E-state index < -0.39 is 40.9 Å². The fourth-order valence-corrected chi connectivity index (χ4v) is 7.99. The van der Waals surface area contributed by atoms with Crippen LogP contribution in [0.1, 0.15) is 66.2 Å². The van der Waals surface area contributed by atoms with Crippen molar-refractivity contribution in [2.24, 2.45) is 0 Å². The number of benzene rings is 1. The van der Waals surface area contributed by atoms with Crippen LogP contribution in [-0.4, -0.2) is 71.4 Å². The molecule has 0 saturated carbocycles. The molecule has 0 spiro atoms. The summed E-state index contributed by atoms with van der Waals surface area (Å²) in [5.41, 5.74) is 4.31. The molecule has 42 heavy (non-hydrogen) atoms. The van der Waals surface area contributed by atoms with Crippen molar-refractivity contribution in [2.75, 3.05) is 43.4 Å². The highest BCUT2D eigenvalue weighted by Gasteiger charge is 2.50. The number of nitrogen functional groups attached to an aromatic ring is 1. The first-order valence-corrected chi connectivity index (χ1v) is 14.7. The van der Waals surface area contributed by atoms with E-state index in [0.717, 1.165) is 51.4 Å². The Hall–Kier alpha value is -2.77. The maximum atomic E-state index is 15.3. The lowest BCUT2D eigenvalue weighted by Gasteiger charge is -2.39. The number of halogens is 5. The summed E-state index contributed by atoms with van der Waals surface area (Å²) in [5, 5.41) is 3.45. The van der Waals surface area contributed by atoms with Gasteiger partial charge in [-0.1, -0.05) is 0 Å². The second-order valence-electron chi connectivity index (χ2n) is 12.5. The summed E-state index contributed by atoms with van der Waals surface area (Å²) in [4.78, 5) is 13.9. The van der Waals surface area contributed by atoms with Gasteiger partial charge < -0.3 is 25.4 Å². The lowest BCUT2D eigenvalue weighted by atomic mass is 9.91. The van der Waals surface area contributed by atoms with E-state index in [-0.39, 0.29) is 49.0 Å². The Morgan fingerprint density at radius 2 is 1.98 bits per heavy atom. The predicted molar refractivity (Wildman–Crippen MR) is 145 cm³/mol. The average Bonchev–Trinajstić information content (AvgIpc) is 3.54. The summed E-state index contributed by atoms with van der Waals surface area (Å²) in [6.45, 7) is 4.18. The van der Waals surface area contributed by atoms with Gasteiger partial charge in [-0.15, -0.1) is 0 Å². The van der Waals surface area contributed by atoms with Crippen LogP contribution in [0.25, 0.3) is 0 Å². The SMILES string of the molecule is Cc1cc(N)c(F)c([C@H]2Cc3nc(OC[C@@]45CCCN4C[C@H](F)C5)nc(N4C5CCC4CNC5)c3CO2)c1C(F)(F)F. The van der Waals surface area contributed by atoms with Gasteiger partial charge >= 0.3 is 12.2 Å². The third-order valence-corrected chi connectivity index (χ3v) is 9.84. The number of ether oxygens (including phenoxy) is 2. The molecule has 8 nitrogen and oxygen atoms in total. The number of piperazine rings is 1. The molecule has 5 atom stereocenters. The van der Waals surface area contributed by atoms with Gasteiger partial charge in [0.25, 0.3) is 0 Å². The summed E-state index contributed by atoms with van der Waals surface area (Å²) in [5.74, 6) is -0.479. The van der Waals surface area contributed by atoms with Gasteiger partial charge in [0.1, 0.15) is 18.6 Å². The second kappa shape index (κ2) is 10.2. The van der Waals surface area contributed by atoms with Crippen LogP contribution < -0.4 is 20.7 Å². The van der Waals surface area contributed by atoms with Gasteiger partial charge in [-0.2, -0.15) is 23.1 Å². The van der Waals surface area contributed by atoms with E-state index in [2.05, 4.69) is 20.1 Å². The predicted octanol–water partition coefficient (Wildman–Crippen LogP) is 4.23. The van der Waals surface area contributed by atoms with Gasteiger partial charge in [-0.25, -0.2) is 8.78 Å². The van der Waals surface area contributed by atoms with Crippen LogP contribution in [0.4, 0.5) is 33.5 Å². The minimum Gasteiger partial charge on any atom is -0.461 e. The first-order valence-electron chi connectivity index (χ1n) is 14.7. The topological polar surface area (TPSA) is 88.8 Å². The number of alkyl halides is 4. The Morgan fingerprint density at radius 3 is 2.71 bits per heavy atom. The molecular formula is C29H35F5N6O2. The third-order valence-electron chi connectivity index (χ3n) is 9.84. The molecule has 2 bridgehead atoms. The quantitative estimate of drug-likeness (QED) is 0.393. The van der Waals surface area contributed by atoms with Gasteiger partial charge in [-0.05, 0) is 50.8 Å². The Morgan fingerprint density at radius 1 is 1.21 bits per heavy atom. The maximum Gasteiger partial charge on any atom is 0.417 e. The molecular weight excluding hydrogens is 559 g/mol. The molecule has 4 fully saturated rings. The van der Waals surface area contributed by atoms with Gasteiger partial charge in [-0.3, -0.25) is 4.90 Å². The van der Waals surface area contributed by atoms with Crippen LogP contribution in [0.5, 0.6) is 6.01 Å². The molecule has 228 valence electrons. The van der Waals surface area contributed by atoms with Crippen molar-refractivity contribution in [3.63, 3.8) is 0 Å². The fraction of sp³-hybridized carbons (Fsp3) is 0.655. The zero-order valence-corrected chi connectivity index (χ0v) is 23.4. The third kappa shape index (κ3) is 4.59. The van der Waals surface area contributed by atoms with Crippen molar-refractivity contribution in [3.05, 3.63) is 39.8 Å². The number of hydrogen-bond acceptors (Lipinski definition) is 8. The fourth-order valence-electron chi connectivity index (χ4n) is 7.99. The number of hydrogen-bond donors (Lipinski definition) is 2. The number of anilines is 2. The summed E-state index contributed by atoms with van der Waals surface area (Å²) >= 11 is 0. The highest BCUT2D eigenvalue weighted by Crippen LogP contribution is 2.46. The van der Waals surface area contributed by atoms with Crippen LogP contribution in [0.2, 0.25) is 0 Å². The minimum absolute atomic E-state index is 0.0786. The van der Waals surface area contributed by atoms with E-state index in [9.17, 15) is 17.6 Å². The standard InChI is InChI=1S/C29H35F5N6O2/c1-15-7-20(35)25(31)23(24(15)29(32,33)34)22-8-21-19(13-41-22)26(40-17-3-4-18(40)11-36-10-17)38-27(37-21)42-14-28-5-2-6-39(28)12-16(30)9-28/h7,16-18,22,36H,2-6,8-14,35H2,1H3/t16-,17?,18?,22-,28+/m1/s1. The van der Waals surface area contributed by atoms with Crippen molar-refractivity contribution in [1.29, 1.82) is 0 Å². The summed E-state index contributed by atoms with van der Waals surface area (Å²) in [6, 6.07) is 1.50. The van der Waals surface area contributed by atoms with E-state index in [1.54, 1.807) is 0 Å². The van der Waals surface area contributed by atoms with Crippen LogP contribution in [0.15, 0.2) is 6.07 Å². The molecule has 0 aliphatic carbocycles. The monoisotopic (exact) mass is 594 g/mol. The Balaban J connectivity index is 1.27. The highest BCUT2D eigenvalue weighted by molar-refractivity contribution is 5.56. The minimum atomic E-state index is -4.80. The number of rotatable bonds is 5. The van der Waals surface area contributed by atoms with E-state index in [1.165, 1.54) is 6.92 Å². The molecule has 7 rings (SSSR count). The van der Waals surface area contributed by atoms with E-state index in [1.807, 2.05) is 0 Å². The average molecular weight is 595 g/mol. The summed E-state index contributed by atoms with van der Waals surface area (Å²) in [7, 11) is 0. The first kappa shape index (κ1) is 28.0. The lowest BCUT2D eigenvalue weighted by molar-refractivity contribution is -0.140. The van der Waals surface area contributed by atoms with Crippen molar-refractivity contribution in [3.8, 4) is 6.01 Å². The largest absolute Gasteiger partial charge is 0.461 e. The Bertz CT molecular complexity index is 1380. The van der Waals surface area contributed by atoms with Gasteiger partial charge in [0.05, 0.1) is 35.2 Å². The lowest BCUT2D eigenvalue weighted by Crippen LogP contribution is -2.52. The number of nitrogens with two attached hydrogens (primary N) is 1. The molecule has 4 saturated heterocycles. The van der Waals surface area contributed by atoms with Crippen LogP contribution >= 0.6 is 0 Å². The van der Waals surface area contributed by atoms with Crippen LogP contribution in [0.3, 0.4) is 0 Å². The smallest absolute Gasteiger partial charge is 0.417 e. The molecule has 1 aromatic carbocycles. The Kier molecular flexibility index (Phi) is 6.78. The van der Waals surface area contributed by atoms with Crippen molar-refractivity contribution in [2.45, 2.75) is 88.1 Å². The van der Waals surface area contributed by atoms with Crippen molar-refractivity contribution < 1.29 is 31.4 Å². The molecule has 5 aliphatic rings. The van der Waals surface area contributed by atoms with Gasteiger partial charge in [0, 0.05) is 55.7 Å². The number of nitrogens with one attached hydrogen (secondary N) is 1. The molecule has 2 aromatic rings. The zero-order chi connectivity index (χ0) is 29.4. The number of aromatic nitrogens is 2. The first-order chi connectivity index (χ1) is 20.0. The second-order valence-corrected chi connectivity index (χ2v) is 12.5. The van der Waals surface area contributed by atoms with E-state index in [4.69, 9.17) is 20.2 Å². The number of aryl methyl sites for hydroxylation is 1.